The Balaban J connectivity index is 1.93. The van der Waals surface area contributed by atoms with Crippen molar-refractivity contribution in [3.63, 3.8) is 0 Å². The minimum Gasteiger partial charge on any atom is -0.311 e. The average Bonchev–Trinajstić information content (AvgIpc) is 2.04. The number of fused-ring (bicyclic) bond motifs is 1. The van der Waals surface area contributed by atoms with E-state index >= 15 is 0 Å². The van der Waals surface area contributed by atoms with Crippen LogP contribution in [0.3, 0.4) is 0 Å². The third kappa shape index (κ3) is 1.57. The summed E-state index contributed by atoms with van der Waals surface area (Å²) in [6.07, 6.45) is 5.60. The van der Waals surface area contributed by atoms with E-state index in [0.29, 0.717) is 6.04 Å². The van der Waals surface area contributed by atoms with Gasteiger partial charge in [-0.15, -0.1) is 0 Å². The Morgan fingerprint density at radius 1 is 1.09 bits per heavy atom. The Labute approximate surface area is 68.7 Å². The Morgan fingerprint density at radius 2 is 1.82 bits per heavy atom. The normalized spacial score (nSPS) is 45.0. The van der Waals surface area contributed by atoms with Crippen molar-refractivity contribution in [2.75, 3.05) is 6.54 Å². The molecule has 0 bridgehead atoms. The van der Waals surface area contributed by atoms with E-state index in [1.807, 2.05) is 0 Å². The van der Waals surface area contributed by atoms with E-state index in [-0.39, 0.29) is 0 Å². The predicted molar refractivity (Wildman–Crippen MR) is 46.6 cm³/mol. The zero-order valence-electron chi connectivity index (χ0n) is 7.27. The van der Waals surface area contributed by atoms with Gasteiger partial charge >= 0.3 is 0 Å². The van der Waals surface area contributed by atoms with Crippen LogP contribution < -0.4 is 10.6 Å². The first-order chi connectivity index (χ1) is 5.36. The lowest BCUT2D eigenvalue weighted by molar-refractivity contribution is 0.219. The van der Waals surface area contributed by atoms with Gasteiger partial charge in [-0.25, -0.2) is 0 Å². The average molecular weight is 154 g/mol. The lowest BCUT2D eigenvalue weighted by Gasteiger charge is -2.40. The fourth-order valence-corrected chi connectivity index (χ4v) is 2.33. The first kappa shape index (κ1) is 7.56. The van der Waals surface area contributed by atoms with Crippen LogP contribution in [0.25, 0.3) is 0 Å². The van der Waals surface area contributed by atoms with Crippen molar-refractivity contribution >= 4 is 0 Å². The van der Waals surface area contributed by atoms with Gasteiger partial charge in [-0.1, -0.05) is 12.8 Å². The summed E-state index contributed by atoms with van der Waals surface area (Å²) in [6, 6.07) is 2.22. The molecule has 3 atom stereocenters. The van der Waals surface area contributed by atoms with E-state index < -0.39 is 0 Å². The second-order valence-corrected chi connectivity index (χ2v) is 3.97. The standard InChI is InChI=1S/C9H18N2/c1-7-6-10-8-4-2-3-5-9(8)11-7/h7-11H,2-6H2,1H3/t7-,8+,9+/m1/s1. The van der Waals surface area contributed by atoms with Crippen LogP contribution >= 0.6 is 0 Å². The van der Waals surface area contributed by atoms with E-state index in [9.17, 15) is 0 Å². The van der Waals surface area contributed by atoms with Crippen molar-refractivity contribution in [3.8, 4) is 0 Å². The topological polar surface area (TPSA) is 24.1 Å². The fourth-order valence-electron chi connectivity index (χ4n) is 2.33. The van der Waals surface area contributed by atoms with Crippen LogP contribution in [-0.4, -0.2) is 24.7 Å². The summed E-state index contributed by atoms with van der Waals surface area (Å²) in [4.78, 5) is 0. The maximum absolute atomic E-state index is 3.66. The Hall–Kier alpha value is -0.0800. The Kier molecular flexibility index (Phi) is 2.14. The molecule has 1 aliphatic carbocycles. The molecule has 0 aromatic heterocycles. The maximum atomic E-state index is 3.66. The molecule has 11 heavy (non-hydrogen) atoms. The van der Waals surface area contributed by atoms with Crippen LogP contribution in [0.5, 0.6) is 0 Å². The van der Waals surface area contributed by atoms with Gasteiger partial charge in [0.05, 0.1) is 0 Å². The van der Waals surface area contributed by atoms with Gasteiger partial charge < -0.3 is 10.6 Å². The quantitative estimate of drug-likeness (QED) is 0.541. The molecule has 2 aliphatic rings. The van der Waals surface area contributed by atoms with Gasteiger partial charge in [0.1, 0.15) is 0 Å². The molecule has 1 saturated carbocycles. The highest BCUT2D eigenvalue weighted by Crippen LogP contribution is 2.20. The molecule has 0 aromatic carbocycles. The summed E-state index contributed by atoms with van der Waals surface area (Å²) in [5.74, 6) is 0. The lowest BCUT2D eigenvalue weighted by atomic mass is 9.88. The molecule has 0 aromatic rings. The van der Waals surface area contributed by atoms with Crippen LogP contribution in [0.2, 0.25) is 0 Å². The molecule has 1 aliphatic heterocycles. The van der Waals surface area contributed by atoms with Crippen LogP contribution in [0.4, 0.5) is 0 Å². The molecule has 1 saturated heterocycles. The summed E-state index contributed by atoms with van der Waals surface area (Å²) in [7, 11) is 0. The molecule has 2 rings (SSSR count). The van der Waals surface area contributed by atoms with Crippen molar-refractivity contribution < 1.29 is 0 Å². The van der Waals surface area contributed by atoms with Gasteiger partial charge in [-0.05, 0) is 19.8 Å². The molecule has 2 nitrogen and oxygen atoms in total. The number of hydrogen-bond acceptors (Lipinski definition) is 2. The molecule has 64 valence electrons. The van der Waals surface area contributed by atoms with E-state index in [0.717, 1.165) is 18.6 Å². The van der Waals surface area contributed by atoms with Crippen molar-refractivity contribution in [1.82, 2.24) is 10.6 Å². The maximum Gasteiger partial charge on any atom is 0.0224 e. The molecule has 1 heterocycles. The van der Waals surface area contributed by atoms with Crippen LogP contribution in [0, 0.1) is 0 Å². The molecular formula is C9H18N2. The van der Waals surface area contributed by atoms with E-state index in [1.165, 1.54) is 25.7 Å². The minimum absolute atomic E-state index is 0.675. The van der Waals surface area contributed by atoms with Crippen molar-refractivity contribution in [1.29, 1.82) is 0 Å². The van der Waals surface area contributed by atoms with Crippen molar-refractivity contribution in [2.45, 2.75) is 50.7 Å². The molecular weight excluding hydrogens is 136 g/mol. The Bertz CT molecular complexity index is 136. The smallest absolute Gasteiger partial charge is 0.0224 e. The molecule has 0 spiro atoms. The van der Waals surface area contributed by atoms with Gasteiger partial charge in [-0.2, -0.15) is 0 Å². The largest absolute Gasteiger partial charge is 0.311 e. The van der Waals surface area contributed by atoms with Gasteiger partial charge in [0, 0.05) is 24.7 Å². The molecule has 2 N–H and O–H groups in total. The number of rotatable bonds is 0. The predicted octanol–water partition coefficient (Wildman–Crippen LogP) is 0.879. The zero-order chi connectivity index (χ0) is 7.68. The monoisotopic (exact) mass is 154 g/mol. The fraction of sp³-hybridized carbons (Fsp3) is 1.00. The minimum atomic E-state index is 0.675. The van der Waals surface area contributed by atoms with E-state index in [2.05, 4.69) is 17.6 Å². The number of piperazine rings is 1. The van der Waals surface area contributed by atoms with Crippen LogP contribution in [-0.2, 0) is 0 Å². The third-order valence-corrected chi connectivity index (χ3v) is 2.95. The lowest BCUT2D eigenvalue weighted by Crippen LogP contribution is -2.60. The summed E-state index contributed by atoms with van der Waals surface area (Å²) in [5.41, 5.74) is 0. The highest BCUT2D eigenvalue weighted by molar-refractivity contribution is 4.92. The van der Waals surface area contributed by atoms with Gasteiger partial charge in [0.15, 0.2) is 0 Å². The number of nitrogens with one attached hydrogen (secondary N) is 2. The van der Waals surface area contributed by atoms with Gasteiger partial charge in [-0.3, -0.25) is 0 Å². The summed E-state index contributed by atoms with van der Waals surface area (Å²) in [5, 5.41) is 7.26. The zero-order valence-corrected chi connectivity index (χ0v) is 7.27. The molecule has 2 heteroatoms. The Morgan fingerprint density at radius 3 is 2.64 bits per heavy atom. The molecule has 2 fully saturated rings. The van der Waals surface area contributed by atoms with Crippen molar-refractivity contribution in [2.24, 2.45) is 0 Å². The first-order valence-corrected chi connectivity index (χ1v) is 4.86. The van der Waals surface area contributed by atoms with E-state index in [1.54, 1.807) is 0 Å². The van der Waals surface area contributed by atoms with Gasteiger partial charge in [0.25, 0.3) is 0 Å². The van der Waals surface area contributed by atoms with Crippen molar-refractivity contribution in [3.05, 3.63) is 0 Å². The number of hydrogen-bond donors (Lipinski definition) is 2. The first-order valence-electron chi connectivity index (χ1n) is 4.86. The summed E-state index contributed by atoms with van der Waals surface area (Å²) >= 11 is 0. The van der Waals surface area contributed by atoms with Gasteiger partial charge in [0.2, 0.25) is 0 Å². The highest BCUT2D eigenvalue weighted by atomic mass is 15.1. The highest BCUT2D eigenvalue weighted by Gasteiger charge is 2.29. The second kappa shape index (κ2) is 3.11. The molecule has 0 amide bonds. The summed E-state index contributed by atoms with van der Waals surface area (Å²) < 4.78 is 0. The summed E-state index contributed by atoms with van der Waals surface area (Å²) in [6.45, 7) is 3.42. The van der Waals surface area contributed by atoms with Crippen LogP contribution in [0.15, 0.2) is 0 Å². The second-order valence-electron chi connectivity index (χ2n) is 3.97. The molecule has 0 radical (unpaired) electrons. The third-order valence-electron chi connectivity index (χ3n) is 2.95. The molecule has 0 unspecified atom stereocenters. The van der Waals surface area contributed by atoms with Crippen LogP contribution in [0.1, 0.15) is 32.6 Å². The van der Waals surface area contributed by atoms with E-state index in [4.69, 9.17) is 0 Å². The SMILES string of the molecule is C[C@@H]1CN[C@H]2CCCC[C@@H]2N1.